The maximum absolute atomic E-state index is 12.6. The smallest absolute Gasteiger partial charge is 0.238 e. The van der Waals surface area contributed by atoms with Gasteiger partial charge in [0.1, 0.15) is 11.5 Å². The minimum Gasteiger partial charge on any atom is -0.497 e. The Hall–Kier alpha value is -2.24. The van der Waals surface area contributed by atoms with E-state index in [0.29, 0.717) is 28.8 Å². The summed E-state index contributed by atoms with van der Waals surface area (Å²) in [6.07, 6.45) is 0. The zero-order valence-electron chi connectivity index (χ0n) is 15.6. The third-order valence-electron chi connectivity index (χ3n) is 4.03. The van der Waals surface area contributed by atoms with Crippen LogP contribution in [0.3, 0.4) is 0 Å². The monoisotopic (exact) mass is 376 g/mol. The van der Waals surface area contributed by atoms with Gasteiger partial charge in [-0.3, -0.25) is 9.69 Å². The van der Waals surface area contributed by atoms with E-state index in [0.717, 1.165) is 5.56 Å². The molecule has 26 heavy (non-hydrogen) atoms. The van der Waals surface area contributed by atoms with Crippen molar-refractivity contribution < 1.29 is 14.3 Å². The highest BCUT2D eigenvalue weighted by Crippen LogP contribution is 2.28. The molecule has 0 aliphatic rings. The van der Waals surface area contributed by atoms with Crippen LogP contribution in [0.15, 0.2) is 42.5 Å². The molecule has 1 amide bonds. The Kier molecular flexibility index (Phi) is 7.30. The topological polar surface area (TPSA) is 50.8 Å². The Labute approximate surface area is 159 Å². The van der Waals surface area contributed by atoms with Crippen LogP contribution in [-0.2, 0) is 11.3 Å². The van der Waals surface area contributed by atoms with E-state index in [4.69, 9.17) is 21.1 Å². The number of rotatable bonds is 8. The first-order valence-electron chi connectivity index (χ1n) is 8.43. The van der Waals surface area contributed by atoms with Crippen molar-refractivity contribution in [3.05, 3.63) is 53.1 Å². The molecule has 0 saturated carbocycles. The normalized spacial score (nSPS) is 10.9. The molecule has 0 aliphatic carbocycles. The molecule has 2 aromatic carbocycles. The van der Waals surface area contributed by atoms with Crippen LogP contribution >= 0.6 is 11.6 Å². The predicted octanol–water partition coefficient (Wildman–Crippen LogP) is 4.21. The maximum Gasteiger partial charge on any atom is 0.238 e. The molecule has 2 aromatic rings. The van der Waals surface area contributed by atoms with Crippen LogP contribution < -0.4 is 14.8 Å². The van der Waals surface area contributed by atoms with Crippen LogP contribution in [-0.4, -0.2) is 37.6 Å². The summed E-state index contributed by atoms with van der Waals surface area (Å²) in [4.78, 5) is 14.7. The molecular formula is C20H25ClN2O3. The first kappa shape index (κ1) is 20.1. The van der Waals surface area contributed by atoms with Gasteiger partial charge in [0, 0.05) is 23.7 Å². The van der Waals surface area contributed by atoms with Gasteiger partial charge in [-0.1, -0.05) is 23.7 Å². The molecule has 0 aromatic heterocycles. The van der Waals surface area contributed by atoms with Gasteiger partial charge in [0.2, 0.25) is 5.91 Å². The van der Waals surface area contributed by atoms with E-state index < -0.39 is 0 Å². The molecular weight excluding hydrogens is 352 g/mol. The summed E-state index contributed by atoms with van der Waals surface area (Å²) < 4.78 is 10.5. The van der Waals surface area contributed by atoms with E-state index >= 15 is 0 Å². The molecule has 0 unspecified atom stereocenters. The lowest BCUT2D eigenvalue weighted by Crippen LogP contribution is -2.37. The van der Waals surface area contributed by atoms with E-state index in [9.17, 15) is 4.79 Å². The van der Waals surface area contributed by atoms with Crippen molar-refractivity contribution in [1.82, 2.24) is 4.90 Å². The molecule has 2 rings (SSSR count). The van der Waals surface area contributed by atoms with E-state index in [2.05, 4.69) is 24.1 Å². The van der Waals surface area contributed by atoms with Crippen LogP contribution in [0, 0.1) is 0 Å². The summed E-state index contributed by atoms with van der Waals surface area (Å²) in [6.45, 7) is 5.01. The summed E-state index contributed by atoms with van der Waals surface area (Å²) in [7, 11) is 3.15. The Morgan fingerprint density at radius 1 is 1.15 bits per heavy atom. The van der Waals surface area contributed by atoms with Gasteiger partial charge in [-0.05, 0) is 43.7 Å². The van der Waals surface area contributed by atoms with Crippen molar-refractivity contribution in [2.75, 3.05) is 26.1 Å². The molecule has 0 atom stereocenters. The van der Waals surface area contributed by atoms with E-state index in [1.54, 1.807) is 32.4 Å². The van der Waals surface area contributed by atoms with Crippen molar-refractivity contribution in [3.8, 4) is 11.5 Å². The van der Waals surface area contributed by atoms with Gasteiger partial charge >= 0.3 is 0 Å². The molecule has 1 N–H and O–H groups in total. The quantitative estimate of drug-likeness (QED) is 0.749. The minimum atomic E-state index is -0.118. The largest absolute Gasteiger partial charge is 0.497 e. The second-order valence-electron chi connectivity index (χ2n) is 6.24. The van der Waals surface area contributed by atoms with E-state index in [1.165, 1.54) is 0 Å². The number of carbonyl (C=O) groups excluding carboxylic acids is 1. The SMILES string of the molecule is COc1ccc(OC)c(NC(=O)CN(Cc2cccc(Cl)c2)C(C)C)c1. The Morgan fingerprint density at radius 3 is 2.54 bits per heavy atom. The van der Waals surface area contributed by atoms with Crippen molar-refractivity contribution in [1.29, 1.82) is 0 Å². The first-order chi connectivity index (χ1) is 12.4. The number of nitrogens with zero attached hydrogens (tertiary/aromatic N) is 1. The van der Waals surface area contributed by atoms with Gasteiger partial charge in [-0.25, -0.2) is 0 Å². The molecule has 5 nitrogen and oxygen atoms in total. The molecule has 0 aliphatic heterocycles. The van der Waals surface area contributed by atoms with Crippen LogP contribution in [0.1, 0.15) is 19.4 Å². The Morgan fingerprint density at radius 2 is 1.92 bits per heavy atom. The average molecular weight is 377 g/mol. The van der Waals surface area contributed by atoms with Crippen LogP contribution in [0.5, 0.6) is 11.5 Å². The van der Waals surface area contributed by atoms with Crippen molar-refractivity contribution in [3.63, 3.8) is 0 Å². The third kappa shape index (κ3) is 5.64. The van der Waals surface area contributed by atoms with Gasteiger partial charge in [0.25, 0.3) is 0 Å². The molecule has 0 spiro atoms. The molecule has 0 fully saturated rings. The highest BCUT2D eigenvalue weighted by Gasteiger charge is 2.16. The number of ether oxygens (including phenoxy) is 2. The maximum atomic E-state index is 12.6. The molecule has 0 radical (unpaired) electrons. The number of hydrogen-bond acceptors (Lipinski definition) is 4. The minimum absolute atomic E-state index is 0.118. The summed E-state index contributed by atoms with van der Waals surface area (Å²) >= 11 is 6.06. The fraction of sp³-hybridized carbons (Fsp3) is 0.350. The number of benzene rings is 2. The van der Waals surface area contributed by atoms with E-state index in [-0.39, 0.29) is 18.5 Å². The summed E-state index contributed by atoms with van der Waals surface area (Å²) in [5.74, 6) is 1.12. The summed E-state index contributed by atoms with van der Waals surface area (Å²) in [5, 5.41) is 3.60. The van der Waals surface area contributed by atoms with Crippen molar-refractivity contribution in [2.24, 2.45) is 0 Å². The number of nitrogens with one attached hydrogen (secondary N) is 1. The standard InChI is InChI=1S/C20H25ClN2O3/c1-14(2)23(12-15-6-5-7-16(21)10-15)13-20(24)22-18-11-17(25-3)8-9-19(18)26-4/h5-11,14H,12-13H2,1-4H3,(H,22,24). The lowest BCUT2D eigenvalue weighted by molar-refractivity contribution is -0.117. The molecule has 0 saturated heterocycles. The van der Waals surface area contributed by atoms with Crippen molar-refractivity contribution in [2.45, 2.75) is 26.4 Å². The lowest BCUT2D eigenvalue weighted by Gasteiger charge is -2.26. The van der Waals surface area contributed by atoms with Crippen LogP contribution in [0.25, 0.3) is 0 Å². The van der Waals surface area contributed by atoms with Gasteiger partial charge in [-0.15, -0.1) is 0 Å². The third-order valence-corrected chi connectivity index (χ3v) is 4.27. The zero-order valence-corrected chi connectivity index (χ0v) is 16.3. The van der Waals surface area contributed by atoms with Crippen molar-refractivity contribution >= 4 is 23.2 Å². The van der Waals surface area contributed by atoms with E-state index in [1.807, 2.05) is 24.3 Å². The van der Waals surface area contributed by atoms with Crippen LogP contribution in [0.2, 0.25) is 5.02 Å². The highest BCUT2D eigenvalue weighted by molar-refractivity contribution is 6.30. The molecule has 140 valence electrons. The number of carbonyl (C=O) groups is 1. The Bertz CT molecular complexity index is 750. The number of methoxy groups -OCH3 is 2. The summed E-state index contributed by atoms with van der Waals surface area (Å²) in [6, 6.07) is 13.2. The van der Waals surface area contributed by atoms with Crippen LogP contribution in [0.4, 0.5) is 5.69 Å². The van der Waals surface area contributed by atoms with Gasteiger partial charge in [0.15, 0.2) is 0 Å². The highest BCUT2D eigenvalue weighted by atomic mass is 35.5. The predicted molar refractivity (Wildman–Crippen MR) is 105 cm³/mol. The first-order valence-corrected chi connectivity index (χ1v) is 8.81. The molecule has 6 heteroatoms. The number of anilines is 1. The fourth-order valence-corrected chi connectivity index (χ4v) is 2.79. The second-order valence-corrected chi connectivity index (χ2v) is 6.68. The van der Waals surface area contributed by atoms with Gasteiger partial charge in [0.05, 0.1) is 26.5 Å². The zero-order chi connectivity index (χ0) is 19.1. The summed E-state index contributed by atoms with van der Waals surface area (Å²) in [5.41, 5.74) is 1.65. The Balaban J connectivity index is 2.08. The second kappa shape index (κ2) is 9.46. The lowest BCUT2D eigenvalue weighted by atomic mass is 10.2. The number of hydrogen-bond donors (Lipinski definition) is 1. The molecule has 0 heterocycles. The average Bonchev–Trinajstić information content (AvgIpc) is 2.61. The van der Waals surface area contributed by atoms with Gasteiger partial charge < -0.3 is 14.8 Å². The fourth-order valence-electron chi connectivity index (χ4n) is 2.58. The number of halogens is 1. The van der Waals surface area contributed by atoms with Gasteiger partial charge in [-0.2, -0.15) is 0 Å². The molecule has 0 bridgehead atoms. The number of amides is 1.